The summed E-state index contributed by atoms with van der Waals surface area (Å²) in [5, 5.41) is 0. The fourth-order valence-corrected chi connectivity index (χ4v) is 2.53. The summed E-state index contributed by atoms with van der Waals surface area (Å²) in [6.45, 7) is 10.4. The molecule has 3 heteroatoms. The first-order valence-electron chi connectivity index (χ1n) is 6.55. The minimum atomic E-state index is 0.0830. The van der Waals surface area contributed by atoms with Crippen molar-refractivity contribution in [2.45, 2.75) is 39.3 Å². The summed E-state index contributed by atoms with van der Waals surface area (Å²) in [6, 6.07) is 8.31. The molecule has 0 aliphatic carbocycles. The summed E-state index contributed by atoms with van der Waals surface area (Å²) in [6.07, 6.45) is 0. The SMILES string of the molecule is CCN(C(CN)c1ccccc1OC)C(C)(C)C. The molecular formula is C15H26N2O. The standard InChI is InChI=1S/C15H26N2O/c1-6-17(15(2,3)4)13(11-16)12-9-7-8-10-14(12)18-5/h7-10,13H,6,11,16H2,1-5H3. The highest BCUT2D eigenvalue weighted by atomic mass is 16.5. The van der Waals surface area contributed by atoms with Crippen LogP contribution in [-0.2, 0) is 0 Å². The highest BCUT2D eigenvalue weighted by Gasteiger charge is 2.29. The second-order valence-corrected chi connectivity index (χ2v) is 5.45. The molecule has 0 aliphatic heterocycles. The molecule has 1 aromatic rings. The largest absolute Gasteiger partial charge is 0.496 e. The van der Waals surface area contributed by atoms with Gasteiger partial charge in [-0.2, -0.15) is 0 Å². The molecule has 0 saturated heterocycles. The zero-order valence-electron chi connectivity index (χ0n) is 12.2. The van der Waals surface area contributed by atoms with Crippen LogP contribution in [0.5, 0.6) is 5.75 Å². The van der Waals surface area contributed by atoms with E-state index in [4.69, 9.17) is 10.5 Å². The van der Waals surface area contributed by atoms with Gasteiger partial charge in [0, 0.05) is 17.6 Å². The molecule has 0 amide bonds. The van der Waals surface area contributed by atoms with E-state index >= 15 is 0 Å². The molecule has 0 heterocycles. The Hall–Kier alpha value is -1.06. The number of rotatable bonds is 5. The molecule has 0 saturated carbocycles. The van der Waals surface area contributed by atoms with E-state index in [9.17, 15) is 0 Å². The molecule has 102 valence electrons. The minimum Gasteiger partial charge on any atom is -0.496 e. The van der Waals surface area contributed by atoms with Crippen molar-refractivity contribution >= 4 is 0 Å². The molecule has 1 rings (SSSR count). The fourth-order valence-electron chi connectivity index (χ4n) is 2.53. The molecule has 1 atom stereocenters. The van der Waals surface area contributed by atoms with Gasteiger partial charge in [-0.15, -0.1) is 0 Å². The summed E-state index contributed by atoms with van der Waals surface area (Å²) >= 11 is 0. The lowest BCUT2D eigenvalue weighted by molar-refractivity contribution is 0.0905. The summed E-state index contributed by atoms with van der Waals surface area (Å²) in [5.41, 5.74) is 7.25. The maximum atomic E-state index is 6.00. The van der Waals surface area contributed by atoms with Crippen molar-refractivity contribution in [2.24, 2.45) is 5.73 Å². The van der Waals surface area contributed by atoms with Crippen LogP contribution in [0.1, 0.15) is 39.3 Å². The maximum Gasteiger partial charge on any atom is 0.123 e. The van der Waals surface area contributed by atoms with Gasteiger partial charge in [-0.05, 0) is 33.4 Å². The van der Waals surface area contributed by atoms with Crippen molar-refractivity contribution in [1.82, 2.24) is 4.90 Å². The topological polar surface area (TPSA) is 38.5 Å². The van der Waals surface area contributed by atoms with Crippen LogP contribution in [-0.4, -0.2) is 30.6 Å². The van der Waals surface area contributed by atoms with Crippen LogP contribution in [0.15, 0.2) is 24.3 Å². The zero-order chi connectivity index (χ0) is 13.8. The van der Waals surface area contributed by atoms with Crippen LogP contribution in [0.3, 0.4) is 0 Å². The number of para-hydroxylation sites is 1. The normalized spacial score (nSPS) is 13.7. The van der Waals surface area contributed by atoms with Gasteiger partial charge in [0.1, 0.15) is 5.75 Å². The molecule has 3 nitrogen and oxygen atoms in total. The molecule has 0 spiro atoms. The molecule has 2 N–H and O–H groups in total. The van der Waals surface area contributed by atoms with E-state index in [0.29, 0.717) is 6.54 Å². The minimum absolute atomic E-state index is 0.0830. The fraction of sp³-hybridized carbons (Fsp3) is 0.600. The van der Waals surface area contributed by atoms with Crippen LogP contribution in [0.25, 0.3) is 0 Å². The van der Waals surface area contributed by atoms with Crippen molar-refractivity contribution in [2.75, 3.05) is 20.2 Å². The van der Waals surface area contributed by atoms with Gasteiger partial charge < -0.3 is 10.5 Å². The highest BCUT2D eigenvalue weighted by molar-refractivity contribution is 5.36. The average molecular weight is 250 g/mol. The van der Waals surface area contributed by atoms with Crippen LogP contribution >= 0.6 is 0 Å². The lowest BCUT2D eigenvalue weighted by Gasteiger charge is -2.41. The number of ether oxygens (including phenoxy) is 1. The second kappa shape index (κ2) is 6.21. The Morgan fingerprint density at radius 3 is 2.33 bits per heavy atom. The Bertz CT molecular complexity index is 371. The number of hydrogen-bond acceptors (Lipinski definition) is 3. The first-order chi connectivity index (χ1) is 8.45. The summed E-state index contributed by atoms with van der Waals surface area (Å²) in [7, 11) is 1.71. The van der Waals surface area contributed by atoms with E-state index in [0.717, 1.165) is 12.3 Å². The predicted molar refractivity (Wildman–Crippen MR) is 76.9 cm³/mol. The molecule has 0 bridgehead atoms. The Balaban J connectivity index is 3.16. The highest BCUT2D eigenvalue weighted by Crippen LogP contribution is 2.32. The van der Waals surface area contributed by atoms with Gasteiger partial charge in [-0.25, -0.2) is 0 Å². The third kappa shape index (κ3) is 3.24. The van der Waals surface area contributed by atoms with Gasteiger partial charge in [0.15, 0.2) is 0 Å². The van der Waals surface area contributed by atoms with E-state index in [1.54, 1.807) is 7.11 Å². The molecule has 0 aliphatic rings. The van der Waals surface area contributed by atoms with E-state index < -0.39 is 0 Å². The van der Waals surface area contributed by atoms with Crippen LogP contribution in [0.4, 0.5) is 0 Å². The molecule has 0 radical (unpaired) electrons. The van der Waals surface area contributed by atoms with Gasteiger partial charge in [0.25, 0.3) is 0 Å². The predicted octanol–water partition coefficient (Wildman–Crippen LogP) is 2.82. The summed E-state index contributed by atoms with van der Waals surface area (Å²) < 4.78 is 5.45. The smallest absolute Gasteiger partial charge is 0.123 e. The first-order valence-corrected chi connectivity index (χ1v) is 6.55. The monoisotopic (exact) mass is 250 g/mol. The quantitative estimate of drug-likeness (QED) is 0.873. The Kier molecular flexibility index (Phi) is 5.17. The van der Waals surface area contributed by atoms with Gasteiger partial charge in [0.2, 0.25) is 0 Å². The third-order valence-corrected chi connectivity index (χ3v) is 3.30. The molecule has 1 aromatic carbocycles. The number of nitrogens with two attached hydrogens (primary N) is 1. The molecule has 0 fully saturated rings. The molecular weight excluding hydrogens is 224 g/mol. The zero-order valence-corrected chi connectivity index (χ0v) is 12.2. The maximum absolute atomic E-state index is 6.00. The average Bonchev–Trinajstić information content (AvgIpc) is 2.34. The van der Waals surface area contributed by atoms with Crippen LogP contribution < -0.4 is 10.5 Å². The van der Waals surface area contributed by atoms with Gasteiger partial charge >= 0.3 is 0 Å². The number of nitrogens with zero attached hydrogens (tertiary/aromatic N) is 1. The van der Waals surface area contributed by atoms with E-state index in [-0.39, 0.29) is 11.6 Å². The second-order valence-electron chi connectivity index (χ2n) is 5.45. The number of benzene rings is 1. The van der Waals surface area contributed by atoms with E-state index in [1.165, 1.54) is 5.56 Å². The molecule has 18 heavy (non-hydrogen) atoms. The van der Waals surface area contributed by atoms with Crippen LogP contribution in [0.2, 0.25) is 0 Å². The Morgan fingerprint density at radius 2 is 1.89 bits per heavy atom. The third-order valence-electron chi connectivity index (χ3n) is 3.30. The van der Waals surface area contributed by atoms with Crippen molar-refractivity contribution in [3.8, 4) is 5.75 Å². The van der Waals surface area contributed by atoms with Crippen molar-refractivity contribution in [3.05, 3.63) is 29.8 Å². The van der Waals surface area contributed by atoms with Crippen LogP contribution in [0, 0.1) is 0 Å². The van der Waals surface area contributed by atoms with Crippen molar-refractivity contribution in [3.63, 3.8) is 0 Å². The first kappa shape index (κ1) is 15.0. The van der Waals surface area contributed by atoms with Crippen molar-refractivity contribution < 1.29 is 4.74 Å². The molecule has 0 aromatic heterocycles. The van der Waals surface area contributed by atoms with E-state index in [1.807, 2.05) is 18.2 Å². The van der Waals surface area contributed by atoms with Gasteiger partial charge in [-0.1, -0.05) is 25.1 Å². The molecule has 1 unspecified atom stereocenters. The Morgan fingerprint density at radius 1 is 1.28 bits per heavy atom. The summed E-state index contributed by atoms with van der Waals surface area (Å²) in [4.78, 5) is 2.41. The van der Waals surface area contributed by atoms with Crippen molar-refractivity contribution in [1.29, 1.82) is 0 Å². The summed E-state index contributed by atoms with van der Waals surface area (Å²) in [5.74, 6) is 0.913. The number of hydrogen-bond donors (Lipinski definition) is 1. The Labute approximate surface area is 111 Å². The number of likely N-dealkylation sites (N-methyl/N-ethyl adjacent to an activating group) is 1. The van der Waals surface area contributed by atoms with Gasteiger partial charge in [0.05, 0.1) is 13.2 Å². The van der Waals surface area contributed by atoms with E-state index in [2.05, 4.69) is 38.7 Å². The lowest BCUT2D eigenvalue weighted by atomic mass is 9.97. The van der Waals surface area contributed by atoms with Gasteiger partial charge in [-0.3, -0.25) is 4.90 Å². The lowest BCUT2D eigenvalue weighted by Crippen LogP contribution is -2.46. The number of methoxy groups -OCH3 is 1.